The van der Waals surface area contributed by atoms with Crippen LogP contribution in [0.4, 0.5) is 0 Å². The summed E-state index contributed by atoms with van der Waals surface area (Å²) < 4.78 is 0. The van der Waals surface area contributed by atoms with Crippen molar-refractivity contribution < 1.29 is 4.79 Å². The van der Waals surface area contributed by atoms with Crippen molar-refractivity contribution in [3.05, 3.63) is 0 Å². The Morgan fingerprint density at radius 2 is 2.00 bits per heavy atom. The molecule has 0 atom stereocenters. The van der Waals surface area contributed by atoms with Crippen LogP contribution in [-0.2, 0) is 4.79 Å². The van der Waals surface area contributed by atoms with Gasteiger partial charge in [0.25, 0.3) is 0 Å². The molecule has 0 aromatic carbocycles. The van der Waals surface area contributed by atoms with Gasteiger partial charge in [-0.05, 0) is 12.8 Å². The van der Waals surface area contributed by atoms with Crippen molar-refractivity contribution in [2.45, 2.75) is 38.1 Å². The molecule has 1 saturated heterocycles. The molecule has 1 aliphatic carbocycles. The second-order valence-electron chi connectivity index (χ2n) is 3.98. The normalized spacial score (nSPS) is 26.5. The minimum absolute atomic E-state index is 0.248. The first-order chi connectivity index (χ1) is 6.38. The minimum Gasteiger partial charge on any atom is -0.337 e. The van der Waals surface area contributed by atoms with Gasteiger partial charge in [-0.1, -0.05) is 19.3 Å². The number of rotatable bonds is 1. The van der Waals surface area contributed by atoms with E-state index in [1.165, 1.54) is 32.1 Å². The first-order valence-corrected chi connectivity index (χ1v) is 5.30. The van der Waals surface area contributed by atoms with E-state index in [0.29, 0.717) is 12.6 Å². The van der Waals surface area contributed by atoms with Gasteiger partial charge in [-0.2, -0.15) is 0 Å². The lowest BCUT2D eigenvalue weighted by Crippen LogP contribution is -2.50. The quantitative estimate of drug-likeness (QED) is 0.588. The molecule has 0 aromatic heterocycles. The standard InChI is InChI=1S/C10H17N2O/c13-10-8-11-6-7-12(10)9-4-2-1-3-5-9/h9H,1-8H2. The van der Waals surface area contributed by atoms with Gasteiger partial charge < -0.3 is 4.90 Å². The topological polar surface area (TPSA) is 34.4 Å². The van der Waals surface area contributed by atoms with E-state index in [1.807, 2.05) is 0 Å². The monoisotopic (exact) mass is 181 g/mol. The Bertz CT molecular complexity index is 187. The third-order valence-corrected chi connectivity index (χ3v) is 3.08. The van der Waals surface area contributed by atoms with E-state index in [1.54, 1.807) is 0 Å². The van der Waals surface area contributed by atoms with Crippen molar-refractivity contribution in [2.24, 2.45) is 0 Å². The maximum atomic E-state index is 11.5. The molecule has 13 heavy (non-hydrogen) atoms. The van der Waals surface area contributed by atoms with Crippen LogP contribution in [0.15, 0.2) is 0 Å². The fourth-order valence-electron chi connectivity index (χ4n) is 2.35. The number of nitrogens with zero attached hydrogens (tertiary/aromatic N) is 2. The summed E-state index contributed by atoms with van der Waals surface area (Å²) in [6, 6.07) is 0.539. The number of hydrogen-bond acceptors (Lipinski definition) is 1. The smallest absolute Gasteiger partial charge is 0.238 e. The highest BCUT2D eigenvalue weighted by Crippen LogP contribution is 2.22. The Hall–Kier alpha value is -0.570. The summed E-state index contributed by atoms with van der Waals surface area (Å²) in [5.41, 5.74) is 0. The molecule has 1 saturated carbocycles. The van der Waals surface area contributed by atoms with Gasteiger partial charge in [0, 0.05) is 19.1 Å². The van der Waals surface area contributed by atoms with E-state index in [0.717, 1.165) is 13.1 Å². The van der Waals surface area contributed by atoms with Crippen LogP contribution in [0, 0.1) is 0 Å². The van der Waals surface area contributed by atoms with E-state index < -0.39 is 0 Å². The molecular weight excluding hydrogens is 164 g/mol. The van der Waals surface area contributed by atoms with Crippen molar-refractivity contribution in [2.75, 3.05) is 19.6 Å². The molecular formula is C10H17N2O. The molecule has 3 nitrogen and oxygen atoms in total. The highest BCUT2D eigenvalue weighted by atomic mass is 16.2. The molecule has 3 heteroatoms. The van der Waals surface area contributed by atoms with Crippen LogP contribution >= 0.6 is 0 Å². The summed E-state index contributed by atoms with van der Waals surface area (Å²) in [5.74, 6) is 0.248. The molecule has 1 radical (unpaired) electrons. The van der Waals surface area contributed by atoms with Crippen LogP contribution < -0.4 is 5.32 Å². The first-order valence-electron chi connectivity index (χ1n) is 5.30. The Morgan fingerprint density at radius 1 is 1.23 bits per heavy atom. The zero-order valence-electron chi connectivity index (χ0n) is 8.04. The molecule has 0 N–H and O–H groups in total. The van der Waals surface area contributed by atoms with Crippen LogP contribution in [-0.4, -0.2) is 36.5 Å². The molecule has 1 heterocycles. The summed E-state index contributed by atoms with van der Waals surface area (Å²) in [6.45, 7) is 2.14. The largest absolute Gasteiger partial charge is 0.337 e. The maximum Gasteiger partial charge on any atom is 0.238 e. The van der Waals surface area contributed by atoms with Crippen LogP contribution in [0.2, 0.25) is 0 Å². The highest BCUT2D eigenvalue weighted by molar-refractivity contribution is 5.79. The molecule has 73 valence electrons. The fraction of sp³-hybridized carbons (Fsp3) is 0.900. The molecule has 2 aliphatic rings. The molecule has 0 spiro atoms. The lowest BCUT2D eigenvalue weighted by atomic mass is 9.94. The Labute approximate surface area is 79.5 Å². The predicted molar refractivity (Wildman–Crippen MR) is 50.5 cm³/mol. The van der Waals surface area contributed by atoms with Gasteiger partial charge in [-0.25, -0.2) is 5.32 Å². The van der Waals surface area contributed by atoms with E-state index in [2.05, 4.69) is 10.2 Å². The lowest BCUT2D eigenvalue weighted by Gasteiger charge is -2.36. The summed E-state index contributed by atoms with van der Waals surface area (Å²) in [4.78, 5) is 13.6. The molecule has 0 unspecified atom stereocenters. The number of hydrogen-bond donors (Lipinski definition) is 0. The molecule has 2 rings (SSSR count). The third kappa shape index (κ3) is 2.02. The Kier molecular flexibility index (Phi) is 2.83. The predicted octanol–water partition coefficient (Wildman–Crippen LogP) is 0.766. The maximum absolute atomic E-state index is 11.5. The average Bonchev–Trinajstić information content (AvgIpc) is 2.20. The molecule has 0 bridgehead atoms. The summed E-state index contributed by atoms with van der Waals surface area (Å²) >= 11 is 0. The zero-order valence-corrected chi connectivity index (χ0v) is 8.04. The van der Waals surface area contributed by atoms with Crippen molar-refractivity contribution >= 4 is 5.91 Å². The van der Waals surface area contributed by atoms with Gasteiger partial charge in [0.05, 0.1) is 6.54 Å². The van der Waals surface area contributed by atoms with Gasteiger partial charge in [-0.15, -0.1) is 0 Å². The Morgan fingerprint density at radius 3 is 2.69 bits per heavy atom. The van der Waals surface area contributed by atoms with Crippen molar-refractivity contribution in [3.63, 3.8) is 0 Å². The molecule has 1 amide bonds. The van der Waals surface area contributed by atoms with Crippen LogP contribution in [0.1, 0.15) is 32.1 Å². The van der Waals surface area contributed by atoms with Crippen LogP contribution in [0.3, 0.4) is 0 Å². The summed E-state index contributed by atoms with van der Waals surface area (Å²) in [5, 5.41) is 4.11. The SMILES string of the molecule is O=C1C[N]CCN1C1CCCCC1. The fourth-order valence-corrected chi connectivity index (χ4v) is 2.35. The number of piperazine rings is 1. The van der Waals surface area contributed by atoms with E-state index >= 15 is 0 Å². The minimum atomic E-state index is 0.248. The number of carbonyl (C=O) groups is 1. The van der Waals surface area contributed by atoms with Crippen molar-refractivity contribution in [3.8, 4) is 0 Å². The van der Waals surface area contributed by atoms with E-state index in [-0.39, 0.29) is 5.91 Å². The Balaban J connectivity index is 1.92. The number of amides is 1. The van der Waals surface area contributed by atoms with Crippen molar-refractivity contribution in [1.29, 1.82) is 0 Å². The second-order valence-corrected chi connectivity index (χ2v) is 3.98. The van der Waals surface area contributed by atoms with Gasteiger partial charge in [0.2, 0.25) is 5.91 Å². The van der Waals surface area contributed by atoms with E-state index in [9.17, 15) is 4.79 Å². The molecule has 1 aliphatic heterocycles. The van der Waals surface area contributed by atoms with Crippen LogP contribution in [0.25, 0.3) is 0 Å². The van der Waals surface area contributed by atoms with Gasteiger partial charge >= 0.3 is 0 Å². The summed E-state index contributed by atoms with van der Waals surface area (Å²) in [6.07, 6.45) is 6.37. The number of carbonyl (C=O) groups excluding carboxylic acids is 1. The lowest BCUT2D eigenvalue weighted by molar-refractivity contribution is -0.135. The summed E-state index contributed by atoms with van der Waals surface area (Å²) in [7, 11) is 0. The molecule has 2 fully saturated rings. The average molecular weight is 181 g/mol. The van der Waals surface area contributed by atoms with Crippen LogP contribution in [0.5, 0.6) is 0 Å². The first kappa shape index (κ1) is 9.00. The zero-order chi connectivity index (χ0) is 9.10. The van der Waals surface area contributed by atoms with Gasteiger partial charge in [0.1, 0.15) is 0 Å². The van der Waals surface area contributed by atoms with Crippen molar-refractivity contribution in [1.82, 2.24) is 10.2 Å². The van der Waals surface area contributed by atoms with Gasteiger partial charge in [-0.3, -0.25) is 4.79 Å². The molecule has 0 aromatic rings. The second kappa shape index (κ2) is 4.09. The third-order valence-electron chi connectivity index (χ3n) is 3.08. The highest BCUT2D eigenvalue weighted by Gasteiger charge is 2.27. The van der Waals surface area contributed by atoms with E-state index in [4.69, 9.17) is 0 Å². The van der Waals surface area contributed by atoms with Gasteiger partial charge in [0.15, 0.2) is 0 Å².